The monoisotopic (exact) mass is 765 g/mol. The number of ketones is 1. The minimum atomic E-state index is -0.0990. The van der Waals surface area contributed by atoms with E-state index < -0.39 is 0 Å². The van der Waals surface area contributed by atoms with Gasteiger partial charge in [0.1, 0.15) is 5.78 Å². The maximum atomic E-state index is 12.1. The summed E-state index contributed by atoms with van der Waals surface area (Å²) in [5.41, 5.74) is 0. The summed E-state index contributed by atoms with van der Waals surface area (Å²) in [6.07, 6.45) is 44.5. The summed E-state index contributed by atoms with van der Waals surface area (Å²) in [6, 6.07) is 0. The SMILES string of the molecule is CCCCCCCCCC(=O)CCCCC(=O)OCCCCCCCC.CCCCCCCCCC(=O)OCC(CCCCCC)CCCCCCCC. The van der Waals surface area contributed by atoms with Crippen LogP contribution in [0.5, 0.6) is 0 Å². The van der Waals surface area contributed by atoms with E-state index >= 15 is 0 Å². The van der Waals surface area contributed by atoms with E-state index in [1.54, 1.807) is 0 Å². The van der Waals surface area contributed by atoms with E-state index in [4.69, 9.17) is 9.47 Å². The molecule has 1 atom stereocenters. The van der Waals surface area contributed by atoms with Crippen molar-refractivity contribution in [2.75, 3.05) is 13.2 Å². The molecule has 0 aromatic heterocycles. The molecule has 0 aromatic rings. The number of carbonyl (C=O) groups excluding carboxylic acids is 3. The molecule has 0 N–H and O–H groups in total. The summed E-state index contributed by atoms with van der Waals surface area (Å²) in [5.74, 6) is 0.883. The Kier molecular flexibility index (Phi) is 48.4. The van der Waals surface area contributed by atoms with Gasteiger partial charge in [-0.25, -0.2) is 0 Å². The number of hydrogen-bond donors (Lipinski definition) is 0. The van der Waals surface area contributed by atoms with Gasteiger partial charge in [-0.15, -0.1) is 0 Å². The van der Waals surface area contributed by atoms with Crippen LogP contribution in [0.15, 0.2) is 0 Å². The Labute approximate surface area is 338 Å². The molecule has 0 spiro atoms. The van der Waals surface area contributed by atoms with Crippen LogP contribution in [0, 0.1) is 5.92 Å². The first-order chi connectivity index (χ1) is 26.4. The smallest absolute Gasteiger partial charge is 0.305 e. The van der Waals surface area contributed by atoms with Gasteiger partial charge in [-0.2, -0.15) is 0 Å². The second-order valence-electron chi connectivity index (χ2n) is 16.4. The molecule has 54 heavy (non-hydrogen) atoms. The highest BCUT2D eigenvalue weighted by Crippen LogP contribution is 2.20. The average molecular weight is 765 g/mol. The van der Waals surface area contributed by atoms with Crippen molar-refractivity contribution < 1.29 is 23.9 Å². The molecule has 0 saturated carbocycles. The van der Waals surface area contributed by atoms with Crippen LogP contribution in [0.4, 0.5) is 0 Å². The molecule has 0 saturated heterocycles. The largest absolute Gasteiger partial charge is 0.466 e. The average Bonchev–Trinajstić information content (AvgIpc) is 3.17. The molecule has 0 amide bonds. The van der Waals surface area contributed by atoms with E-state index in [0.717, 1.165) is 44.9 Å². The van der Waals surface area contributed by atoms with Gasteiger partial charge in [0.15, 0.2) is 0 Å². The maximum Gasteiger partial charge on any atom is 0.305 e. The van der Waals surface area contributed by atoms with Gasteiger partial charge in [0.25, 0.3) is 0 Å². The van der Waals surface area contributed by atoms with Crippen molar-refractivity contribution >= 4 is 17.7 Å². The van der Waals surface area contributed by atoms with Crippen molar-refractivity contribution in [2.24, 2.45) is 5.92 Å². The molecule has 0 radical (unpaired) electrons. The molecular weight excluding hydrogens is 669 g/mol. The minimum absolute atomic E-state index is 0.0371. The first-order valence-corrected chi connectivity index (χ1v) is 24.3. The van der Waals surface area contributed by atoms with Gasteiger partial charge < -0.3 is 9.47 Å². The molecule has 0 fully saturated rings. The van der Waals surface area contributed by atoms with Crippen molar-refractivity contribution in [1.29, 1.82) is 0 Å². The molecule has 0 aliphatic rings. The molecule has 5 heteroatoms. The summed E-state index contributed by atoms with van der Waals surface area (Å²) in [6.45, 7) is 12.4. The number of ether oxygens (including phenoxy) is 2. The zero-order chi connectivity index (χ0) is 40.0. The molecular formula is C49H96O5. The van der Waals surface area contributed by atoms with Crippen LogP contribution in [0.25, 0.3) is 0 Å². The minimum Gasteiger partial charge on any atom is -0.466 e. The first kappa shape index (κ1) is 54.7. The van der Waals surface area contributed by atoms with Crippen molar-refractivity contribution in [3.63, 3.8) is 0 Å². The van der Waals surface area contributed by atoms with E-state index in [2.05, 4.69) is 34.6 Å². The Morgan fingerprint density at radius 1 is 0.333 bits per heavy atom. The molecule has 0 heterocycles. The predicted molar refractivity (Wildman–Crippen MR) is 234 cm³/mol. The van der Waals surface area contributed by atoms with Crippen molar-refractivity contribution in [1.82, 2.24) is 0 Å². The summed E-state index contributed by atoms with van der Waals surface area (Å²) < 4.78 is 10.9. The Balaban J connectivity index is 0. The topological polar surface area (TPSA) is 69.7 Å². The van der Waals surface area contributed by atoms with Gasteiger partial charge in [0.05, 0.1) is 13.2 Å². The third-order valence-corrected chi connectivity index (χ3v) is 10.8. The second kappa shape index (κ2) is 47.8. The highest BCUT2D eigenvalue weighted by atomic mass is 16.5. The number of hydrogen-bond acceptors (Lipinski definition) is 5. The standard InChI is InChI=1S/C26H52O2.C23H44O3/c1-4-7-10-13-15-17-20-23-26(27)28-24-25(21-18-12-9-6-3)22-19-16-14-11-8-5-2;1-3-5-7-9-11-12-14-18-22(24)19-15-16-20-23(25)26-21-17-13-10-8-6-4-2/h25H,4-24H2,1-3H3;3-21H2,1-2H3. The van der Waals surface area contributed by atoms with Crippen LogP contribution in [-0.4, -0.2) is 30.9 Å². The van der Waals surface area contributed by atoms with Crippen LogP contribution in [0.2, 0.25) is 0 Å². The van der Waals surface area contributed by atoms with Gasteiger partial charge in [-0.1, -0.05) is 208 Å². The van der Waals surface area contributed by atoms with Crippen LogP contribution in [0.1, 0.15) is 279 Å². The second-order valence-corrected chi connectivity index (χ2v) is 16.4. The highest BCUT2D eigenvalue weighted by Gasteiger charge is 2.12. The first-order valence-electron chi connectivity index (χ1n) is 24.3. The Bertz CT molecular complexity index is 733. The third kappa shape index (κ3) is 46.8. The number of unbranched alkanes of at least 4 members (excludes halogenated alkanes) is 26. The molecule has 0 aromatic carbocycles. The summed E-state index contributed by atoms with van der Waals surface area (Å²) in [7, 11) is 0. The zero-order valence-corrected chi connectivity index (χ0v) is 37.4. The summed E-state index contributed by atoms with van der Waals surface area (Å²) in [5, 5.41) is 0. The fraction of sp³-hybridized carbons (Fsp3) is 0.939. The lowest BCUT2D eigenvalue weighted by molar-refractivity contribution is -0.145. The summed E-state index contributed by atoms with van der Waals surface area (Å²) >= 11 is 0. The van der Waals surface area contributed by atoms with Gasteiger partial charge in [-0.3, -0.25) is 14.4 Å². The van der Waals surface area contributed by atoms with E-state index in [9.17, 15) is 14.4 Å². The fourth-order valence-corrected chi connectivity index (χ4v) is 7.03. The number of rotatable bonds is 42. The zero-order valence-electron chi connectivity index (χ0n) is 37.4. The molecule has 0 aliphatic carbocycles. The fourth-order valence-electron chi connectivity index (χ4n) is 7.03. The van der Waals surface area contributed by atoms with E-state index in [-0.39, 0.29) is 11.9 Å². The molecule has 0 bridgehead atoms. The van der Waals surface area contributed by atoms with Crippen molar-refractivity contribution in [3.05, 3.63) is 0 Å². The van der Waals surface area contributed by atoms with Crippen LogP contribution >= 0.6 is 0 Å². The van der Waals surface area contributed by atoms with Crippen LogP contribution in [0.3, 0.4) is 0 Å². The van der Waals surface area contributed by atoms with Gasteiger partial charge in [0.2, 0.25) is 0 Å². The Morgan fingerprint density at radius 2 is 0.630 bits per heavy atom. The Morgan fingerprint density at radius 3 is 1.07 bits per heavy atom. The van der Waals surface area contributed by atoms with Crippen molar-refractivity contribution in [3.8, 4) is 0 Å². The summed E-state index contributed by atoms with van der Waals surface area (Å²) in [4.78, 5) is 35.5. The lowest BCUT2D eigenvalue weighted by Crippen LogP contribution is -2.14. The number of carbonyl (C=O) groups is 3. The number of Topliss-reactive ketones (excluding diaryl/α,β-unsaturated/α-hetero) is 1. The lowest BCUT2D eigenvalue weighted by atomic mass is 9.95. The molecule has 5 nitrogen and oxygen atoms in total. The predicted octanol–water partition coefficient (Wildman–Crippen LogP) is 16.2. The van der Waals surface area contributed by atoms with Gasteiger partial charge >= 0.3 is 11.9 Å². The van der Waals surface area contributed by atoms with E-state index in [1.165, 1.54) is 180 Å². The molecule has 322 valence electrons. The van der Waals surface area contributed by atoms with Crippen LogP contribution < -0.4 is 0 Å². The van der Waals surface area contributed by atoms with Crippen molar-refractivity contribution in [2.45, 2.75) is 279 Å². The van der Waals surface area contributed by atoms with Crippen LogP contribution in [-0.2, 0) is 23.9 Å². The highest BCUT2D eigenvalue weighted by molar-refractivity contribution is 5.78. The van der Waals surface area contributed by atoms with Gasteiger partial charge in [0, 0.05) is 25.7 Å². The third-order valence-electron chi connectivity index (χ3n) is 10.8. The maximum absolute atomic E-state index is 12.1. The van der Waals surface area contributed by atoms with Gasteiger partial charge in [-0.05, 0) is 50.9 Å². The normalized spacial score (nSPS) is 11.6. The quantitative estimate of drug-likeness (QED) is 0.0457. The van der Waals surface area contributed by atoms with E-state index in [0.29, 0.717) is 44.2 Å². The number of esters is 2. The Hall–Kier alpha value is -1.39. The molecule has 0 rings (SSSR count). The molecule has 1 unspecified atom stereocenters. The lowest BCUT2D eigenvalue weighted by Gasteiger charge is -2.17. The van der Waals surface area contributed by atoms with E-state index in [1.807, 2.05) is 0 Å². The molecule has 0 aliphatic heterocycles.